The van der Waals surface area contributed by atoms with Gasteiger partial charge in [-0.05, 0) is 18.1 Å². The molecule has 3 nitrogen and oxygen atoms in total. The normalized spacial score (nSPS) is 25.7. The van der Waals surface area contributed by atoms with Crippen LogP contribution in [-0.2, 0) is 4.74 Å². The summed E-state index contributed by atoms with van der Waals surface area (Å²) in [5.74, 6) is 0. The van der Waals surface area contributed by atoms with Gasteiger partial charge in [0.05, 0.1) is 12.6 Å². The summed E-state index contributed by atoms with van der Waals surface area (Å²) in [7, 11) is 0. The van der Waals surface area contributed by atoms with E-state index in [0.717, 1.165) is 5.56 Å². The van der Waals surface area contributed by atoms with Crippen molar-refractivity contribution in [3.63, 3.8) is 0 Å². The molecule has 3 heteroatoms. The Morgan fingerprint density at radius 2 is 1.79 bits per heavy atom. The highest BCUT2D eigenvalue weighted by molar-refractivity contribution is 5.50. The molecule has 3 atom stereocenters. The van der Waals surface area contributed by atoms with Crippen molar-refractivity contribution >= 4 is 6.08 Å². The SMILES string of the molecule is C[C@@H](N[C@@H]1COCC[C@]1(O)/C=C/c1ccccc1)c1ccccc1. The lowest BCUT2D eigenvalue weighted by Crippen LogP contribution is -2.56. The maximum Gasteiger partial charge on any atom is 0.103 e. The number of nitrogens with one attached hydrogen (secondary N) is 1. The van der Waals surface area contributed by atoms with E-state index in [4.69, 9.17) is 4.74 Å². The summed E-state index contributed by atoms with van der Waals surface area (Å²) >= 11 is 0. The van der Waals surface area contributed by atoms with E-state index in [1.807, 2.05) is 60.7 Å². The van der Waals surface area contributed by atoms with Gasteiger partial charge in [0.2, 0.25) is 0 Å². The number of ether oxygens (including phenoxy) is 1. The van der Waals surface area contributed by atoms with Crippen molar-refractivity contribution in [2.75, 3.05) is 13.2 Å². The van der Waals surface area contributed by atoms with Crippen LogP contribution >= 0.6 is 0 Å². The van der Waals surface area contributed by atoms with Gasteiger partial charge in [-0.3, -0.25) is 0 Å². The van der Waals surface area contributed by atoms with Crippen LogP contribution in [0.2, 0.25) is 0 Å². The lowest BCUT2D eigenvalue weighted by molar-refractivity contribution is -0.0634. The molecule has 0 radical (unpaired) electrons. The zero-order valence-electron chi connectivity index (χ0n) is 14.1. The number of hydrogen-bond acceptors (Lipinski definition) is 3. The van der Waals surface area contributed by atoms with Crippen LogP contribution in [0.25, 0.3) is 6.08 Å². The molecule has 1 aliphatic heterocycles. The number of aliphatic hydroxyl groups is 1. The zero-order chi connectivity index (χ0) is 16.8. The summed E-state index contributed by atoms with van der Waals surface area (Å²) < 4.78 is 5.61. The number of hydrogen-bond donors (Lipinski definition) is 2. The van der Waals surface area contributed by atoms with Crippen LogP contribution < -0.4 is 5.32 Å². The first-order chi connectivity index (χ1) is 11.7. The smallest absolute Gasteiger partial charge is 0.103 e. The fourth-order valence-electron chi connectivity index (χ4n) is 3.09. The number of rotatable bonds is 5. The third-order valence-corrected chi connectivity index (χ3v) is 4.65. The second-order valence-electron chi connectivity index (χ2n) is 6.41. The Bertz CT molecular complexity index is 656. The Balaban J connectivity index is 1.74. The average Bonchev–Trinajstić information content (AvgIpc) is 2.64. The summed E-state index contributed by atoms with van der Waals surface area (Å²) in [6, 6.07) is 20.4. The monoisotopic (exact) mass is 323 g/mol. The van der Waals surface area contributed by atoms with Crippen molar-refractivity contribution in [3.05, 3.63) is 77.9 Å². The molecule has 0 amide bonds. The Hall–Kier alpha value is -1.94. The highest BCUT2D eigenvalue weighted by atomic mass is 16.5. The van der Waals surface area contributed by atoms with Gasteiger partial charge in [-0.2, -0.15) is 0 Å². The van der Waals surface area contributed by atoms with Gasteiger partial charge in [0.25, 0.3) is 0 Å². The van der Waals surface area contributed by atoms with Gasteiger partial charge in [0.15, 0.2) is 0 Å². The van der Waals surface area contributed by atoms with Crippen molar-refractivity contribution in [2.45, 2.75) is 31.0 Å². The Labute approximate surface area is 144 Å². The summed E-state index contributed by atoms with van der Waals surface area (Å²) in [6.45, 7) is 3.20. The molecule has 24 heavy (non-hydrogen) atoms. The predicted molar refractivity (Wildman–Crippen MR) is 97.6 cm³/mol. The molecule has 2 aromatic rings. The van der Waals surface area contributed by atoms with E-state index in [1.54, 1.807) is 0 Å². The van der Waals surface area contributed by atoms with Crippen LogP contribution in [0.15, 0.2) is 66.7 Å². The molecular formula is C21H25NO2. The maximum absolute atomic E-state index is 11.2. The van der Waals surface area contributed by atoms with Crippen LogP contribution in [0, 0.1) is 0 Å². The minimum atomic E-state index is -0.906. The van der Waals surface area contributed by atoms with Crippen LogP contribution in [0.1, 0.15) is 30.5 Å². The lowest BCUT2D eigenvalue weighted by atomic mass is 9.87. The molecule has 1 saturated heterocycles. The van der Waals surface area contributed by atoms with Gasteiger partial charge in [-0.1, -0.05) is 72.8 Å². The second kappa shape index (κ2) is 7.75. The van der Waals surface area contributed by atoms with Crippen LogP contribution in [0.3, 0.4) is 0 Å². The minimum Gasteiger partial charge on any atom is -0.384 e. The van der Waals surface area contributed by atoms with E-state index in [0.29, 0.717) is 19.6 Å². The van der Waals surface area contributed by atoms with Crippen LogP contribution in [0.4, 0.5) is 0 Å². The van der Waals surface area contributed by atoms with Gasteiger partial charge in [-0.15, -0.1) is 0 Å². The summed E-state index contributed by atoms with van der Waals surface area (Å²) in [4.78, 5) is 0. The molecule has 0 unspecified atom stereocenters. The predicted octanol–water partition coefficient (Wildman–Crippen LogP) is 3.57. The molecule has 0 spiro atoms. The van der Waals surface area contributed by atoms with Crippen LogP contribution in [0.5, 0.6) is 0 Å². The maximum atomic E-state index is 11.2. The van der Waals surface area contributed by atoms with E-state index in [2.05, 4.69) is 24.4 Å². The summed E-state index contributed by atoms with van der Waals surface area (Å²) in [6.07, 6.45) is 4.50. The van der Waals surface area contributed by atoms with Crippen molar-refractivity contribution in [2.24, 2.45) is 0 Å². The molecule has 0 aromatic heterocycles. The molecule has 3 rings (SSSR count). The largest absolute Gasteiger partial charge is 0.384 e. The molecular weight excluding hydrogens is 298 g/mol. The average molecular weight is 323 g/mol. The summed E-state index contributed by atoms with van der Waals surface area (Å²) in [5.41, 5.74) is 1.39. The standard InChI is InChI=1S/C21H25NO2/c1-17(19-10-6-3-7-11-19)22-20-16-24-15-14-21(20,23)13-12-18-8-4-2-5-9-18/h2-13,17,20,22-23H,14-16H2,1H3/b13-12+/t17-,20-,21-/m1/s1. The van der Waals surface area contributed by atoms with Crippen molar-refractivity contribution in [1.82, 2.24) is 5.32 Å². The Morgan fingerprint density at radius 1 is 1.12 bits per heavy atom. The molecule has 1 fully saturated rings. The van der Waals surface area contributed by atoms with E-state index in [9.17, 15) is 5.11 Å². The molecule has 2 N–H and O–H groups in total. The Kier molecular flexibility index (Phi) is 5.46. The van der Waals surface area contributed by atoms with Gasteiger partial charge in [-0.25, -0.2) is 0 Å². The van der Waals surface area contributed by atoms with Gasteiger partial charge >= 0.3 is 0 Å². The zero-order valence-corrected chi connectivity index (χ0v) is 14.1. The highest BCUT2D eigenvalue weighted by Crippen LogP contribution is 2.26. The van der Waals surface area contributed by atoms with Gasteiger partial charge in [0, 0.05) is 19.1 Å². The van der Waals surface area contributed by atoms with Crippen molar-refractivity contribution in [3.8, 4) is 0 Å². The third-order valence-electron chi connectivity index (χ3n) is 4.65. The molecule has 126 valence electrons. The number of benzene rings is 2. The molecule has 0 aliphatic carbocycles. The molecule has 2 aromatic carbocycles. The lowest BCUT2D eigenvalue weighted by Gasteiger charge is -2.39. The van der Waals surface area contributed by atoms with E-state index in [-0.39, 0.29) is 12.1 Å². The fourth-order valence-corrected chi connectivity index (χ4v) is 3.09. The second-order valence-corrected chi connectivity index (χ2v) is 6.41. The van der Waals surface area contributed by atoms with E-state index < -0.39 is 5.60 Å². The molecule has 0 saturated carbocycles. The van der Waals surface area contributed by atoms with Gasteiger partial charge < -0.3 is 15.2 Å². The van der Waals surface area contributed by atoms with E-state index in [1.165, 1.54) is 5.56 Å². The van der Waals surface area contributed by atoms with Crippen molar-refractivity contribution in [1.29, 1.82) is 0 Å². The Morgan fingerprint density at radius 3 is 2.50 bits per heavy atom. The first-order valence-electron chi connectivity index (χ1n) is 8.53. The summed E-state index contributed by atoms with van der Waals surface area (Å²) in [5, 5.41) is 14.7. The third kappa shape index (κ3) is 4.12. The van der Waals surface area contributed by atoms with Gasteiger partial charge in [0.1, 0.15) is 5.60 Å². The fraction of sp³-hybridized carbons (Fsp3) is 0.333. The highest BCUT2D eigenvalue weighted by Gasteiger charge is 2.38. The van der Waals surface area contributed by atoms with E-state index >= 15 is 0 Å². The first kappa shape index (κ1) is 16.9. The first-order valence-corrected chi connectivity index (χ1v) is 8.53. The quantitative estimate of drug-likeness (QED) is 0.884. The minimum absolute atomic E-state index is 0.138. The molecule has 0 bridgehead atoms. The topological polar surface area (TPSA) is 41.5 Å². The van der Waals surface area contributed by atoms with Crippen molar-refractivity contribution < 1.29 is 9.84 Å². The van der Waals surface area contributed by atoms with Crippen LogP contribution in [-0.4, -0.2) is 30.0 Å². The molecule has 1 aliphatic rings. The molecule has 1 heterocycles.